The minimum Gasteiger partial charge on any atom is -0.496 e. The first-order valence-corrected chi connectivity index (χ1v) is 16.8. The highest BCUT2D eigenvalue weighted by molar-refractivity contribution is 7.92. The quantitative estimate of drug-likeness (QED) is 0.262. The van der Waals surface area contributed by atoms with E-state index in [1.807, 2.05) is 13.0 Å². The number of hydrogen-bond acceptors (Lipinski definition) is 8. The lowest BCUT2D eigenvalue weighted by atomic mass is 9.94. The van der Waals surface area contributed by atoms with E-state index in [4.69, 9.17) is 10.5 Å². The standard InChI is InChI=1S/C34H37FN6O5S/c1-19-17-41(3)34(43)39-22-7-12-30(47(44,45)24-8-9-24)21(13-22)18-40(2)33(42)31(20-5-11-29(46-4)26(19)14-20)38-23-6-10-25-27(15-23)28(35)16-37-32(25)36/h5-7,10-16,19,24,31,38H,8-9,17-18H2,1-4H3,(H2,36,37)(H,39,43)/t19-,31?/m1/s1. The molecule has 246 valence electrons. The molecule has 47 heavy (non-hydrogen) atoms. The first-order chi connectivity index (χ1) is 22.4. The Hall–Kier alpha value is -4.91. The van der Waals surface area contributed by atoms with Gasteiger partial charge in [0.15, 0.2) is 9.84 Å². The number of nitrogens with one attached hydrogen (secondary N) is 2. The summed E-state index contributed by atoms with van der Waals surface area (Å²) in [4.78, 5) is 34.7. The van der Waals surface area contributed by atoms with Gasteiger partial charge in [-0.15, -0.1) is 0 Å². The molecule has 4 bridgehead atoms. The molecule has 1 aliphatic heterocycles. The smallest absolute Gasteiger partial charge is 0.321 e. The third kappa shape index (κ3) is 6.27. The van der Waals surface area contributed by atoms with Crippen LogP contribution in [0.2, 0.25) is 0 Å². The maximum atomic E-state index is 14.8. The number of amides is 3. The van der Waals surface area contributed by atoms with Gasteiger partial charge in [0.2, 0.25) is 5.91 Å². The van der Waals surface area contributed by atoms with E-state index in [1.54, 1.807) is 68.6 Å². The van der Waals surface area contributed by atoms with Crippen molar-refractivity contribution in [3.05, 3.63) is 83.3 Å². The maximum absolute atomic E-state index is 14.8. The van der Waals surface area contributed by atoms with Gasteiger partial charge in [0, 0.05) is 55.2 Å². The predicted octanol–water partition coefficient (Wildman–Crippen LogP) is 5.29. The number of anilines is 3. The number of methoxy groups -OCH3 is 1. The molecule has 6 rings (SSSR count). The molecule has 0 radical (unpaired) electrons. The highest BCUT2D eigenvalue weighted by Crippen LogP contribution is 2.37. The van der Waals surface area contributed by atoms with Crippen LogP contribution in [0.3, 0.4) is 0 Å². The van der Waals surface area contributed by atoms with Crippen molar-refractivity contribution in [2.75, 3.05) is 44.1 Å². The Morgan fingerprint density at radius 3 is 2.51 bits per heavy atom. The first-order valence-electron chi connectivity index (χ1n) is 15.3. The van der Waals surface area contributed by atoms with E-state index in [1.165, 1.54) is 11.0 Å². The lowest BCUT2D eigenvalue weighted by Gasteiger charge is -2.28. The number of fused-ring (bicyclic) bond motifs is 5. The van der Waals surface area contributed by atoms with Crippen molar-refractivity contribution in [2.45, 2.75) is 48.4 Å². The summed E-state index contributed by atoms with van der Waals surface area (Å²) >= 11 is 0. The number of nitrogens with two attached hydrogens (primary N) is 1. The minimum absolute atomic E-state index is 0.0498. The lowest BCUT2D eigenvalue weighted by Crippen LogP contribution is -2.35. The maximum Gasteiger partial charge on any atom is 0.321 e. The van der Waals surface area contributed by atoms with E-state index >= 15 is 0 Å². The number of nitrogen functional groups attached to an aromatic ring is 1. The topological polar surface area (TPSA) is 147 Å². The lowest BCUT2D eigenvalue weighted by molar-refractivity contribution is -0.131. The monoisotopic (exact) mass is 660 g/mol. The number of carbonyl (C=O) groups excluding carboxylic acids is 2. The third-order valence-electron chi connectivity index (χ3n) is 8.81. The molecule has 11 nitrogen and oxygen atoms in total. The molecular formula is C34H37FN6O5S. The first kappa shape index (κ1) is 32.0. The summed E-state index contributed by atoms with van der Waals surface area (Å²) in [5.41, 5.74) is 8.63. The zero-order chi connectivity index (χ0) is 33.6. The van der Waals surface area contributed by atoms with Crippen molar-refractivity contribution in [2.24, 2.45) is 0 Å². The molecule has 0 spiro atoms. The van der Waals surface area contributed by atoms with Crippen molar-refractivity contribution in [3.8, 4) is 5.75 Å². The van der Waals surface area contributed by atoms with Crippen LogP contribution in [0.1, 0.15) is 48.4 Å². The largest absolute Gasteiger partial charge is 0.496 e. The number of hydrogen-bond donors (Lipinski definition) is 3. The molecule has 0 saturated heterocycles. The van der Waals surface area contributed by atoms with Crippen molar-refractivity contribution in [1.82, 2.24) is 14.8 Å². The number of benzene rings is 3. The molecule has 2 heterocycles. The summed E-state index contributed by atoms with van der Waals surface area (Å²) in [7, 11) is 1.20. The molecule has 2 aliphatic rings. The van der Waals surface area contributed by atoms with Crippen LogP contribution in [0.4, 0.5) is 26.4 Å². The van der Waals surface area contributed by atoms with Crippen LogP contribution in [0.5, 0.6) is 5.75 Å². The van der Waals surface area contributed by atoms with Gasteiger partial charge >= 0.3 is 6.03 Å². The number of nitrogens with zero attached hydrogens (tertiary/aromatic N) is 3. The van der Waals surface area contributed by atoms with Gasteiger partial charge in [-0.2, -0.15) is 0 Å². The Balaban J connectivity index is 1.48. The van der Waals surface area contributed by atoms with Crippen LogP contribution in [-0.4, -0.2) is 68.1 Å². The number of rotatable bonds is 5. The van der Waals surface area contributed by atoms with E-state index in [0.717, 1.165) is 11.8 Å². The fourth-order valence-corrected chi connectivity index (χ4v) is 7.94. The summed E-state index contributed by atoms with van der Waals surface area (Å²) in [6.07, 6.45) is 2.22. The number of halogens is 1. The molecule has 13 heteroatoms. The van der Waals surface area contributed by atoms with Gasteiger partial charge < -0.3 is 30.9 Å². The van der Waals surface area contributed by atoms with E-state index in [-0.39, 0.29) is 40.5 Å². The summed E-state index contributed by atoms with van der Waals surface area (Å²) in [6, 6.07) is 13.7. The summed E-state index contributed by atoms with van der Waals surface area (Å²) in [5.74, 6) is -0.341. The molecule has 1 fully saturated rings. The second-order valence-electron chi connectivity index (χ2n) is 12.3. The number of likely N-dealkylation sites (N-methyl/N-ethyl adjacent to an activating group) is 2. The van der Waals surface area contributed by atoms with Crippen LogP contribution in [0, 0.1) is 5.82 Å². The second kappa shape index (κ2) is 12.4. The van der Waals surface area contributed by atoms with E-state index in [0.29, 0.717) is 53.0 Å². The van der Waals surface area contributed by atoms with E-state index in [9.17, 15) is 22.4 Å². The summed E-state index contributed by atoms with van der Waals surface area (Å²) in [6.45, 7) is 2.23. The number of aromatic nitrogens is 1. The highest BCUT2D eigenvalue weighted by Gasteiger charge is 2.38. The van der Waals surface area contributed by atoms with Crippen LogP contribution in [0.25, 0.3) is 10.8 Å². The number of carbonyl (C=O) groups is 2. The van der Waals surface area contributed by atoms with Crippen molar-refractivity contribution >= 4 is 49.7 Å². The molecule has 2 atom stereocenters. The predicted molar refractivity (Wildman–Crippen MR) is 179 cm³/mol. The van der Waals surface area contributed by atoms with Gasteiger partial charge in [-0.1, -0.05) is 13.0 Å². The molecule has 3 amide bonds. The van der Waals surface area contributed by atoms with Crippen LogP contribution in [0.15, 0.2) is 65.7 Å². The average Bonchev–Trinajstić information content (AvgIpc) is 3.91. The second-order valence-corrected chi connectivity index (χ2v) is 14.5. The zero-order valence-corrected chi connectivity index (χ0v) is 27.4. The third-order valence-corrected chi connectivity index (χ3v) is 11.2. The Bertz CT molecular complexity index is 2000. The van der Waals surface area contributed by atoms with Gasteiger partial charge in [-0.05, 0) is 78.1 Å². The van der Waals surface area contributed by atoms with Crippen molar-refractivity contribution in [1.29, 1.82) is 0 Å². The van der Waals surface area contributed by atoms with Gasteiger partial charge in [-0.3, -0.25) is 4.79 Å². The Morgan fingerprint density at radius 1 is 1.02 bits per heavy atom. The molecule has 4 N–H and O–H groups in total. The zero-order valence-electron chi connectivity index (χ0n) is 26.6. The summed E-state index contributed by atoms with van der Waals surface area (Å²) in [5, 5.41) is 6.39. The molecular weight excluding hydrogens is 623 g/mol. The number of urea groups is 1. The Labute approximate surface area is 272 Å². The number of pyridine rings is 1. The highest BCUT2D eigenvalue weighted by atomic mass is 32.2. The minimum atomic E-state index is -3.63. The van der Waals surface area contributed by atoms with Crippen molar-refractivity contribution < 1.29 is 27.1 Å². The fourth-order valence-electron chi connectivity index (χ4n) is 6.07. The van der Waals surface area contributed by atoms with Gasteiger partial charge in [0.05, 0.1) is 23.5 Å². The molecule has 1 aromatic heterocycles. The molecule has 1 aliphatic carbocycles. The average molecular weight is 661 g/mol. The fraction of sp³-hybridized carbons (Fsp3) is 0.324. The molecule has 4 aromatic rings. The number of ether oxygens (including phenoxy) is 1. The molecule has 1 saturated carbocycles. The summed E-state index contributed by atoms with van der Waals surface area (Å²) < 4.78 is 47.4. The SMILES string of the molecule is COc1ccc2cc1[C@H](C)CN(C)C(=O)Nc1ccc(S(=O)(=O)C3CC3)c(c1)CN(C)C(=O)C2Nc1ccc2c(N)ncc(F)c2c1. The number of sulfone groups is 1. The molecule has 3 aromatic carbocycles. The Kier molecular flexibility index (Phi) is 8.43. The van der Waals surface area contributed by atoms with Crippen LogP contribution in [-0.2, 0) is 21.2 Å². The van der Waals surface area contributed by atoms with Gasteiger partial charge in [0.1, 0.15) is 23.4 Å². The normalized spacial score (nSPS) is 19.2. The van der Waals surface area contributed by atoms with E-state index < -0.39 is 26.9 Å². The van der Waals surface area contributed by atoms with Crippen LogP contribution < -0.4 is 21.1 Å². The van der Waals surface area contributed by atoms with Crippen LogP contribution >= 0.6 is 0 Å². The molecule has 1 unspecified atom stereocenters. The van der Waals surface area contributed by atoms with Crippen molar-refractivity contribution in [3.63, 3.8) is 0 Å². The van der Waals surface area contributed by atoms with E-state index in [2.05, 4.69) is 15.6 Å². The van der Waals surface area contributed by atoms with Gasteiger partial charge in [-0.25, -0.2) is 22.6 Å². The van der Waals surface area contributed by atoms with Gasteiger partial charge in [0.25, 0.3) is 0 Å². The Morgan fingerprint density at radius 2 is 1.79 bits per heavy atom.